The summed E-state index contributed by atoms with van der Waals surface area (Å²) in [6.07, 6.45) is 2.90. The molecule has 0 fully saturated rings. The summed E-state index contributed by atoms with van der Waals surface area (Å²) in [5.41, 5.74) is 1.48. The highest BCUT2D eigenvalue weighted by atomic mass is 79.9. The van der Waals surface area contributed by atoms with Crippen LogP contribution in [0.15, 0.2) is 76.5 Å². The molecular formula is C22H19BrN4O3S2. The molecule has 0 bridgehead atoms. The fourth-order valence-corrected chi connectivity index (χ4v) is 5.49. The Morgan fingerprint density at radius 2 is 1.94 bits per heavy atom. The van der Waals surface area contributed by atoms with Crippen LogP contribution >= 0.6 is 27.5 Å². The summed E-state index contributed by atoms with van der Waals surface area (Å²) >= 11 is 4.53. The first-order valence-electron chi connectivity index (χ1n) is 9.70. The number of fused-ring (bicyclic) bond motifs is 1. The summed E-state index contributed by atoms with van der Waals surface area (Å²) in [4.78, 5) is 17.0. The van der Waals surface area contributed by atoms with E-state index in [0.717, 1.165) is 5.56 Å². The zero-order valence-corrected chi connectivity index (χ0v) is 20.2. The third-order valence-corrected chi connectivity index (χ3v) is 7.49. The predicted molar refractivity (Wildman–Crippen MR) is 130 cm³/mol. The van der Waals surface area contributed by atoms with Crippen LogP contribution in [-0.2, 0) is 10.0 Å². The van der Waals surface area contributed by atoms with Crippen LogP contribution in [0.3, 0.4) is 0 Å². The van der Waals surface area contributed by atoms with Gasteiger partial charge >= 0.3 is 0 Å². The van der Waals surface area contributed by atoms with Crippen molar-refractivity contribution in [3.05, 3.63) is 82.6 Å². The van der Waals surface area contributed by atoms with Crippen molar-refractivity contribution in [3.63, 3.8) is 0 Å². The van der Waals surface area contributed by atoms with Gasteiger partial charge in [0.2, 0.25) is 0 Å². The van der Waals surface area contributed by atoms with E-state index in [2.05, 4.69) is 35.3 Å². The topological polar surface area (TPSA) is 101 Å². The van der Waals surface area contributed by atoms with Crippen molar-refractivity contribution in [2.75, 3.05) is 11.3 Å². The Kier molecular flexibility index (Phi) is 6.54. The van der Waals surface area contributed by atoms with Crippen molar-refractivity contribution in [1.29, 1.82) is 0 Å². The minimum atomic E-state index is -4.05. The summed E-state index contributed by atoms with van der Waals surface area (Å²) < 4.78 is 34.1. The van der Waals surface area contributed by atoms with Crippen LogP contribution in [0.4, 0.5) is 5.69 Å². The molecule has 0 aliphatic heterocycles. The van der Waals surface area contributed by atoms with E-state index in [1.807, 2.05) is 37.3 Å². The molecular weight excluding hydrogens is 512 g/mol. The number of anilines is 1. The van der Waals surface area contributed by atoms with Gasteiger partial charge in [-0.2, -0.15) is 12.8 Å². The van der Waals surface area contributed by atoms with Gasteiger partial charge in [-0.05, 0) is 47.3 Å². The number of hydrogen-bond acceptors (Lipinski definition) is 6. The van der Waals surface area contributed by atoms with Gasteiger partial charge in [-0.25, -0.2) is 4.98 Å². The lowest BCUT2D eigenvalue weighted by atomic mass is 10.0. The van der Waals surface area contributed by atoms with Crippen molar-refractivity contribution in [2.45, 2.75) is 17.9 Å². The van der Waals surface area contributed by atoms with Gasteiger partial charge in [-0.3, -0.25) is 9.52 Å². The quantitative estimate of drug-likeness (QED) is 0.357. The van der Waals surface area contributed by atoms with Gasteiger partial charge in [0.15, 0.2) is 5.03 Å². The number of benzene rings is 2. The minimum Gasteiger partial charge on any atom is -0.351 e. The maximum Gasteiger partial charge on any atom is 0.280 e. The second kappa shape index (κ2) is 9.35. The highest BCUT2D eigenvalue weighted by Gasteiger charge is 2.23. The van der Waals surface area contributed by atoms with Gasteiger partial charge in [0, 0.05) is 17.2 Å². The summed E-state index contributed by atoms with van der Waals surface area (Å²) in [6, 6.07) is 16.4. The van der Waals surface area contributed by atoms with Crippen LogP contribution in [0.25, 0.3) is 10.1 Å². The van der Waals surface area contributed by atoms with Crippen LogP contribution < -0.4 is 10.0 Å². The molecule has 2 heterocycles. The molecule has 2 aromatic heterocycles. The van der Waals surface area contributed by atoms with Crippen LogP contribution in [0, 0.1) is 0 Å². The van der Waals surface area contributed by atoms with Crippen LogP contribution in [-0.4, -0.2) is 30.2 Å². The third-order valence-electron chi connectivity index (χ3n) is 4.91. The van der Waals surface area contributed by atoms with E-state index in [1.165, 1.54) is 23.9 Å². The minimum absolute atomic E-state index is 0.101. The van der Waals surface area contributed by atoms with Crippen molar-refractivity contribution in [2.24, 2.45) is 0 Å². The number of hydrogen-bond donors (Lipinski definition) is 2. The van der Waals surface area contributed by atoms with E-state index in [-0.39, 0.29) is 28.1 Å². The molecule has 1 atom stereocenters. The van der Waals surface area contributed by atoms with Gasteiger partial charge < -0.3 is 5.32 Å². The first-order chi connectivity index (χ1) is 15.3. The largest absolute Gasteiger partial charge is 0.351 e. The summed E-state index contributed by atoms with van der Waals surface area (Å²) in [6.45, 7) is 2.43. The second-order valence-electron chi connectivity index (χ2n) is 7.17. The van der Waals surface area contributed by atoms with Gasteiger partial charge in [-0.15, -0.1) is 0 Å². The lowest BCUT2D eigenvalue weighted by molar-refractivity contribution is 0.0952. The molecule has 0 saturated carbocycles. The predicted octanol–water partition coefficient (Wildman–Crippen LogP) is 4.79. The Hall–Kier alpha value is -2.82. The Morgan fingerprint density at radius 3 is 2.72 bits per heavy atom. The van der Waals surface area contributed by atoms with E-state index in [0.29, 0.717) is 21.1 Å². The van der Waals surface area contributed by atoms with Gasteiger partial charge in [0.25, 0.3) is 15.9 Å². The zero-order valence-electron chi connectivity index (χ0n) is 16.9. The molecule has 4 rings (SSSR count). The molecule has 2 aromatic carbocycles. The molecule has 4 aromatic rings. The summed E-state index contributed by atoms with van der Waals surface area (Å²) in [5, 5.41) is 3.20. The molecule has 0 aliphatic carbocycles. The molecule has 0 saturated heterocycles. The van der Waals surface area contributed by atoms with E-state index in [1.54, 1.807) is 24.3 Å². The lowest BCUT2D eigenvalue weighted by Gasteiger charge is -2.16. The second-order valence-corrected chi connectivity index (χ2v) is 10.5. The van der Waals surface area contributed by atoms with Crippen molar-refractivity contribution in [1.82, 2.24) is 14.7 Å². The first kappa shape index (κ1) is 22.4. The fourth-order valence-electron chi connectivity index (χ4n) is 3.22. The normalized spacial score (nSPS) is 12.4. The number of carbonyl (C=O) groups is 1. The average Bonchev–Trinajstić information content (AvgIpc) is 3.26. The first-order valence-corrected chi connectivity index (χ1v) is 12.7. The molecule has 7 nitrogen and oxygen atoms in total. The monoisotopic (exact) mass is 530 g/mol. The maximum absolute atomic E-state index is 13.1. The van der Waals surface area contributed by atoms with Crippen LogP contribution in [0.5, 0.6) is 0 Å². The SMILES string of the molecule is C[C@@H](CNC(=O)c1ccc(Br)cc1NS(=O)(=O)c1nccc2sncc12)c1ccccc1. The van der Waals surface area contributed by atoms with Crippen molar-refractivity contribution < 1.29 is 13.2 Å². The molecule has 32 heavy (non-hydrogen) atoms. The van der Waals surface area contributed by atoms with Crippen LogP contribution in [0.1, 0.15) is 28.8 Å². The number of halogens is 1. The molecule has 0 spiro atoms. The molecule has 10 heteroatoms. The molecule has 0 radical (unpaired) electrons. The summed E-state index contributed by atoms with van der Waals surface area (Å²) in [7, 11) is -4.05. The standard InChI is InChI=1S/C22H19BrN4O3S2/c1-14(15-5-3-2-4-6-15)12-25-21(28)17-8-7-16(23)11-19(17)27-32(29,30)22-18-13-26-31-20(18)9-10-24-22/h2-11,13-14,27H,12H2,1H3,(H,25,28)/t14-/m0/s1. The molecule has 2 N–H and O–H groups in total. The van der Waals surface area contributed by atoms with Crippen molar-refractivity contribution >= 4 is 59.2 Å². The average molecular weight is 531 g/mol. The molecule has 1 amide bonds. The van der Waals surface area contributed by atoms with Gasteiger partial charge in [0.1, 0.15) is 0 Å². The molecule has 0 aliphatic rings. The van der Waals surface area contributed by atoms with E-state index in [4.69, 9.17) is 0 Å². The lowest BCUT2D eigenvalue weighted by Crippen LogP contribution is -2.28. The Morgan fingerprint density at radius 1 is 1.16 bits per heavy atom. The van der Waals surface area contributed by atoms with E-state index in [9.17, 15) is 13.2 Å². The Balaban J connectivity index is 1.58. The molecule has 164 valence electrons. The zero-order chi connectivity index (χ0) is 22.7. The fraction of sp³-hybridized carbons (Fsp3) is 0.136. The highest BCUT2D eigenvalue weighted by molar-refractivity contribution is 9.10. The molecule has 0 unspecified atom stereocenters. The summed E-state index contributed by atoms with van der Waals surface area (Å²) in [5.74, 6) is -0.273. The Bertz CT molecular complexity index is 1370. The van der Waals surface area contributed by atoms with E-state index >= 15 is 0 Å². The smallest absolute Gasteiger partial charge is 0.280 e. The van der Waals surface area contributed by atoms with E-state index < -0.39 is 10.0 Å². The Labute approximate surface area is 198 Å². The third kappa shape index (κ3) is 4.82. The number of pyridine rings is 1. The van der Waals surface area contributed by atoms with Crippen LogP contribution in [0.2, 0.25) is 0 Å². The number of sulfonamides is 1. The number of rotatable bonds is 7. The maximum atomic E-state index is 13.1. The number of nitrogens with zero attached hydrogens (tertiary/aromatic N) is 2. The number of nitrogens with one attached hydrogen (secondary N) is 2. The number of carbonyl (C=O) groups excluding carboxylic acids is 1. The number of amides is 1. The van der Waals surface area contributed by atoms with Gasteiger partial charge in [0.05, 0.1) is 27.5 Å². The highest BCUT2D eigenvalue weighted by Crippen LogP contribution is 2.28. The van der Waals surface area contributed by atoms with Crippen molar-refractivity contribution in [3.8, 4) is 0 Å². The number of aromatic nitrogens is 2. The van der Waals surface area contributed by atoms with Gasteiger partial charge in [-0.1, -0.05) is 53.2 Å².